The summed E-state index contributed by atoms with van der Waals surface area (Å²) in [6.45, 7) is 4.78. The maximum atomic E-state index is 3.67. The van der Waals surface area contributed by atoms with Gasteiger partial charge in [-0.25, -0.2) is 0 Å². The van der Waals surface area contributed by atoms with E-state index in [1.54, 1.807) is 0 Å². The molecular formula is C15H22N2S. The zero-order valence-corrected chi connectivity index (χ0v) is 11.9. The fraction of sp³-hybridized carbons (Fsp3) is 0.600. The standard InChI is InChI=1S/C15H22N2S/c1-12-15(8-11-18-12)16-13-4-6-14(7-5-13)17-9-2-3-10-17/h4-7,12,15-16H,2-3,8-11H2,1H3. The summed E-state index contributed by atoms with van der Waals surface area (Å²) in [5, 5.41) is 4.41. The first-order valence-electron chi connectivity index (χ1n) is 7.06. The van der Waals surface area contributed by atoms with Crippen LogP contribution in [0.3, 0.4) is 0 Å². The monoisotopic (exact) mass is 262 g/mol. The van der Waals surface area contributed by atoms with Gasteiger partial charge in [0, 0.05) is 35.8 Å². The molecule has 2 aliphatic rings. The van der Waals surface area contributed by atoms with E-state index in [-0.39, 0.29) is 0 Å². The van der Waals surface area contributed by atoms with Crippen molar-refractivity contribution in [2.75, 3.05) is 29.1 Å². The Morgan fingerprint density at radius 1 is 1.17 bits per heavy atom. The van der Waals surface area contributed by atoms with Gasteiger partial charge in [0.1, 0.15) is 0 Å². The van der Waals surface area contributed by atoms with Crippen molar-refractivity contribution < 1.29 is 0 Å². The van der Waals surface area contributed by atoms with Crippen LogP contribution < -0.4 is 10.2 Å². The quantitative estimate of drug-likeness (QED) is 0.896. The van der Waals surface area contributed by atoms with Crippen molar-refractivity contribution in [2.45, 2.75) is 37.5 Å². The molecule has 1 N–H and O–H groups in total. The maximum Gasteiger partial charge on any atom is 0.0385 e. The van der Waals surface area contributed by atoms with E-state index in [4.69, 9.17) is 0 Å². The number of anilines is 2. The molecule has 2 aliphatic heterocycles. The van der Waals surface area contributed by atoms with Crippen LogP contribution in [0.25, 0.3) is 0 Å². The predicted molar refractivity (Wildman–Crippen MR) is 81.8 cm³/mol. The highest BCUT2D eigenvalue weighted by molar-refractivity contribution is 8.00. The predicted octanol–water partition coefficient (Wildman–Crippen LogP) is 3.59. The smallest absolute Gasteiger partial charge is 0.0385 e. The molecule has 2 heterocycles. The van der Waals surface area contributed by atoms with Gasteiger partial charge in [0.25, 0.3) is 0 Å². The topological polar surface area (TPSA) is 15.3 Å². The van der Waals surface area contributed by atoms with Crippen LogP contribution in [0, 0.1) is 0 Å². The molecule has 2 fully saturated rings. The third-order valence-corrected chi connectivity index (χ3v) is 5.39. The lowest BCUT2D eigenvalue weighted by Gasteiger charge is -2.20. The molecule has 0 bridgehead atoms. The molecule has 3 rings (SSSR count). The van der Waals surface area contributed by atoms with Crippen molar-refractivity contribution >= 4 is 23.1 Å². The minimum Gasteiger partial charge on any atom is -0.381 e. The van der Waals surface area contributed by atoms with Gasteiger partial charge >= 0.3 is 0 Å². The minimum absolute atomic E-state index is 0.646. The second-order valence-electron chi connectivity index (χ2n) is 5.36. The first-order chi connectivity index (χ1) is 8.83. The molecule has 0 amide bonds. The summed E-state index contributed by atoms with van der Waals surface area (Å²) in [6, 6.07) is 9.65. The molecule has 0 radical (unpaired) electrons. The Kier molecular flexibility index (Phi) is 3.69. The molecule has 2 unspecified atom stereocenters. The summed E-state index contributed by atoms with van der Waals surface area (Å²) in [4.78, 5) is 2.48. The molecule has 18 heavy (non-hydrogen) atoms. The number of rotatable bonds is 3. The number of nitrogens with zero attached hydrogens (tertiary/aromatic N) is 1. The van der Waals surface area contributed by atoms with Gasteiger partial charge in [0.05, 0.1) is 0 Å². The van der Waals surface area contributed by atoms with E-state index < -0.39 is 0 Å². The van der Waals surface area contributed by atoms with Crippen LogP contribution in [0.15, 0.2) is 24.3 Å². The van der Waals surface area contributed by atoms with E-state index in [0.29, 0.717) is 6.04 Å². The maximum absolute atomic E-state index is 3.67. The zero-order chi connectivity index (χ0) is 12.4. The molecule has 0 spiro atoms. The third kappa shape index (κ3) is 2.61. The van der Waals surface area contributed by atoms with Crippen LogP contribution in [-0.4, -0.2) is 30.1 Å². The SMILES string of the molecule is CC1SCCC1Nc1ccc(N2CCCC2)cc1. The Labute approximate surface area is 114 Å². The lowest BCUT2D eigenvalue weighted by atomic mass is 10.1. The molecule has 2 nitrogen and oxygen atoms in total. The van der Waals surface area contributed by atoms with Gasteiger partial charge in [-0.2, -0.15) is 11.8 Å². The zero-order valence-electron chi connectivity index (χ0n) is 11.1. The van der Waals surface area contributed by atoms with E-state index in [0.717, 1.165) is 5.25 Å². The number of nitrogens with one attached hydrogen (secondary N) is 1. The molecule has 2 saturated heterocycles. The molecule has 3 heteroatoms. The fourth-order valence-electron chi connectivity index (χ4n) is 2.88. The molecule has 0 aliphatic carbocycles. The Morgan fingerprint density at radius 3 is 2.50 bits per heavy atom. The average Bonchev–Trinajstić information content (AvgIpc) is 3.03. The van der Waals surface area contributed by atoms with E-state index in [2.05, 4.69) is 53.2 Å². The minimum atomic E-state index is 0.646. The van der Waals surface area contributed by atoms with Crippen molar-refractivity contribution in [3.8, 4) is 0 Å². The van der Waals surface area contributed by atoms with E-state index in [9.17, 15) is 0 Å². The van der Waals surface area contributed by atoms with Gasteiger partial charge < -0.3 is 10.2 Å². The highest BCUT2D eigenvalue weighted by atomic mass is 32.2. The van der Waals surface area contributed by atoms with Crippen LogP contribution >= 0.6 is 11.8 Å². The summed E-state index contributed by atoms with van der Waals surface area (Å²) < 4.78 is 0. The number of hydrogen-bond donors (Lipinski definition) is 1. The van der Waals surface area contributed by atoms with Crippen molar-refractivity contribution in [2.24, 2.45) is 0 Å². The van der Waals surface area contributed by atoms with Gasteiger partial charge in [-0.15, -0.1) is 0 Å². The fourth-order valence-corrected chi connectivity index (χ4v) is 4.08. The molecule has 0 aromatic heterocycles. The van der Waals surface area contributed by atoms with Crippen LogP contribution in [0.2, 0.25) is 0 Å². The largest absolute Gasteiger partial charge is 0.381 e. The summed E-state index contributed by atoms with van der Waals surface area (Å²) in [5.41, 5.74) is 2.66. The average molecular weight is 262 g/mol. The van der Waals surface area contributed by atoms with E-state index in [1.807, 2.05) is 0 Å². The lowest BCUT2D eigenvalue weighted by Crippen LogP contribution is -2.24. The summed E-state index contributed by atoms with van der Waals surface area (Å²) in [5.74, 6) is 1.30. The van der Waals surface area contributed by atoms with E-state index >= 15 is 0 Å². The molecule has 1 aromatic rings. The third-order valence-electron chi connectivity index (χ3n) is 4.07. The molecule has 2 atom stereocenters. The van der Waals surface area contributed by atoms with Gasteiger partial charge in [-0.05, 0) is 49.3 Å². The summed E-state index contributed by atoms with van der Waals surface area (Å²) >= 11 is 2.08. The summed E-state index contributed by atoms with van der Waals surface area (Å²) in [6.07, 6.45) is 3.98. The Morgan fingerprint density at radius 2 is 1.89 bits per heavy atom. The first kappa shape index (κ1) is 12.2. The highest BCUT2D eigenvalue weighted by Crippen LogP contribution is 2.29. The Hall–Kier alpha value is -0.830. The van der Waals surface area contributed by atoms with Crippen molar-refractivity contribution in [3.63, 3.8) is 0 Å². The van der Waals surface area contributed by atoms with Crippen LogP contribution in [0.4, 0.5) is 11.4 Å². The molecular weight excluding hydrogens is 240 g/mol. The van der Waals surface area contributed by atoms with Crippen molar-refractivity contribution in [1.82, 2.24) is 0 Å². The van der Waals surface area contributed by atoms with Gasteiger partial charge in [-0.3, -0.25) is 0 Å². The van der Waals surface area contributed by atoms with Crippen LogP contribution in [0.1, 0.15) is 26.2 Å². The molecule has 98 valence electrons. The summed E-state index contributed by atoms with van der Waals surface area (Å²) in [7, 11) is 0. The van der Waals surface area contributed by atoms with Crippen LogP contribution in [0.5, 0.6) is 0 Å². The normalized spacial score (nSPS) is 27.7. The number of hydrogen-bond acceptors (Lipinski definition) is 3. The van der Waals surface area contributed by atoms with E-state index in [1.165, 1.54) is 49.5 Å². The highest BCUT2D eigenvalue weighted by Gasteiger charge is 2.23. The Bertz CT molecular complexity index is 384. The lowest BCUT2D eigenvalue weighted by molar-refractivity contribution is 0.724. The number of benzene rings is 1. The first-order valence-corrected chi connectivity index (χ1v) is 8.11. The van der Waals surface area contributed by atoms with Crippen LogP contribution in [-0.2, 0) is 0 Å². The molecule has 1 aromatic carbocycles. The van der Waals surface area contributed by atoms with Gasteiger partial charge in [-0.1, -0.05) is 6.92 Å². The van der Waals surface area contributed by atoms with Crippen molar-refractivity contribution in [3.05, 3.63) is 24.3 Å². The Balaban J connectivity index is 1.63. The van der Waals surface area contributed by atoms with Gasteiger partial charge in [0.15, 0.2) is 0 Å². The second kappa shape index (κ2) is 5.43. The van der Waals surface area contributed by atoms with Gasteiger partial charge in [0.2, 0.25) is 0 Å². The molecule has 0 saturated carbocycles. The van der Waals surface area contributed by atoms with Crippen molar-refractivity contribution in [1.29, 1.82) is 0 Å². The second-order valence-corrected chi connectivity index (χ2v) is 6.84. The number of thioether (sulfide) groups is 1.